The van der Waals surface area contributed by atoms with E-state index in [0.717, 1.165) is 77.0 Å². The molecule has 3 N–H and O–H groups in total. The van der Waals surface area contributed by atoms with Crippen LogP contribution in [0.15, 0.2) is 18.2 Å². The predicted molar refractivity (Wildman–Crippen MR) is 186 cm³/mol. The third kappa shape index (κ3) is 9.81. The normalized spacial score (nSPS) is 28.2. The highest BCUT2D eigenvalue weighted by Gasteiger charge is 2.34. The largest absolute Gasteiger partial charge is 0.349 e. The molecule has 6 nitrogen and oxygen atoms in total. The maximum absolute atomic E-state index is 13.6. The maximum atomic E-state index is 13.6. The van der Waals surface area contributed by atoms with Crippen LogP contribution in [0.5, 0.6) is 0 Å². The molecule has 252 valence electrons. The van der Waals surface area contributed by atoms with Crippen molar-refractivity contribution < 1.29 is 14.4 Å². The Morgan fingerprint density at radius 3 is 1.18 bits per heavy atom. The molecule has 0 spiro atoms. The number of hydrogen-bond acceptors (Lipinski definition) is 3. The molecule has 0 unspecified atom stereocenters. The summed E-state index contributed by atoms with van der Waals surface area (Å²) in [7, 11) is 0. The molecule has 6 heteroatoms. The molecule has 1 aromatic rings. The standard InChI is InChI=1S/C39H63N3O3/c1-37(2,3)28-14-10-25(11-15-28)34(43)41-32-22-27(36(45)40-31-20-18-30(19-21-31)39(7,8)9)23-33(24-32)42-35(44)26-12-16-29(17-13-26)38(4,5)6/h22-26,28-31H,10-21H2,1-9H3,(H,40,45)(H,41,43)(H,42,44). The number of amides is 3. The van der Waals surface area contributed by atoms with Crippen molar-refractivity contribution in [1.29, 1.82) is 0 Å². The molecule has 0 aliphatic heterocycles. The molecule has 0 heterocycles. The summed E-state index contributed by atoms with van der Waals surface area (Å²) < 4.78 is 0. The summed E-state index contributed by atoms with van der Waals surface area (Å²) in [5, 5.41) is 9.53. The van der Waals surface area contributed by atoms with Crippen molar-refractivity contribution in [2.75, 3.05) is 10.6 Å². The van der Waals surface area contributed by atoms with Gasteiger partial charge in [0.25, 0.3) is 5.91 Å². The Hall–Kier alpha value is -2.37. The lowest BCUT2D eigenvalue weighted by Crippen LogP contribution is -2.39. The first-order chi connectivity index (χ1) is 20.9. The van der Waals surface area contributed by atoms with Crippen molar-refractivity contribution in [3.05, 3.63) is 23.8 Å². The molecule has 3 saturated carbocycles. The molecule has 3 aliphatic carbocycles. The van der Waals surface area contributed by atoms with E-state index in [4.69, 9.17) is 0 Å². The molecule has 0 aromatic heterocycles. The van der Waals surface area contributed by atoms with Gasteiger partial charge in [-0.25, -0.2) is 0 Å². The van der Waals surface area contributed by atoms with Crippen LogP contribution in [0.2, 0.25) is 0 Å². The van der Waals surface area contributed by atoms with Gasteiger partial charge < -0.3 is 16.0 Å². The number of carbonyl (C=O) groups excluding carboxylic acids is 3. The van der Waals surface area contributed by atoms with Crippen LogP contribution >= 0.6 is 0 Å². The Morgan fingerprint density at radius 2 is 0.844 bits per heavy atom. The lowest BCUT2D eigenvalue weighted by molar-refractivity contribution is -0.122. The molecule has 1 aromatic carbocycles. The van der Waals surface area contributed by atoms with Crippen LogP contribution in [0.3, 0.4) is 0 Å². The van der Waals surface area contributed by atoms with E-state index >= 15 is 0 Å². The van der Waals surface area contributed by atoms with Crippen molar-refractivity contribution in [3.63, 3.8) is 0 Å². The van der Waals surface area contributed by atoms with Gasteiger partial charge in [0.15, 0.2) is 0 Å². The first kappa shape index (κ1) is 35.5. The van der Waals surface area contributed by atoms with Crippen LogP contribution in [0.4, 0.5) is 11.4 Å². The second kappa shape index (κ2) is 14.2. The van der Waals surface area contributed by atoms with E-state index in [1.165, 1.54) is 0 Å². The van der Waals surface area contributed by atoms with Crippen molar-refractivity contribution in [3.8, 4) is 0 Å². The lowest BCUT2D eigenvalue weighted by Gasteiger charge is -2.37. The number of nitrogens with one attached hydrogen (secondary N) is 3. The Morgan fingerprint density at radius 1 is 0.511 bits per heavy atom. The summed E-state index contributed by atoms with van der Waals surface area (Å²) in [6.07, 6.45) is 11.9. The Bertz CT molecular complexity index is 1110. The van der Waals surface area contributed by atoms with Gasteiger partial charge in [-0.3, -0.25) is 14.4 Å². The molecule has 4 rings (SSSR count). The topological polar surface area (TPSA) is 87.3 Å². The highest BCUT2D eigenvalue weighted by atomic mass is 16.2. The van der Waals surface area contributed by atoms with Gasteiger partial charge in [-0.1, -0.05) is 62.3 Å². The first-order valence-electron chi connectivity index (χ1n) is 18.0. The van der Waals surface area contributed by atoms with Gasteiger partial charge in [0, 0.05) is 34.8 Å². The molecular formula is C39H63N3O3. The second-order valence-corrected chi connectivity index (χ2v) is 18.0. The number of benzene rings is 1. The van der Waals surface area contributed by atoms with Gasteiger partial charge in [0.05, 0.1) is 0 Å². The fourth-order valence-electron chi connectivity index (χ4n) is 8.21. The van der Waals surface area contributed by atoms with Gasteiger partial charge in [0.1, 0.15) is 0 Å². The number of hydrogen-bond donors (Lipinski definition) is 3. The summed E-state index contributed by atoms with van der Waals surface area (Å²) in [5.41, 5.74) is 2.44. The average Bonchev–Trinajstić information content (AvgIpc) is 2.96. The molecule has 3 amide bonds. The van der Waals surface area contributed by atoms with Crippen LogP contribution in [-0.2, 0) is 9.59 Å². The SMILES string of the molecule is CC(C)(C)C1CCC(NC(=O)c2cc(NC(=O)C3CCC(C(C)(C)C)CC3)cc(NC(=O)C3CCC(C(C)(C)C)CC3)c2)CC1. The van der Waals surface area contributed by atoms with Crippen LogP contribution in [-0.4, -0.2) is 23.8 Å². The van der Waals surface area contributed by atoms with Crippen molar-refractivity contribution in [2.45, 2.75) is 145 Å². The second-order valence-electron chi connectivity index (χ2n) is 18.0. The van der Waals surface area contributed by atoms with E-state index in [2.05, 4.69) is 78.3 Å². The Labute approximate surface area is 274 Å². The predicted octanol–water partition coefficient (Wildman–Crippen LogP) is 9.60. The number of anilines is 2. The van der Waals surface area contributed by atoms with E-state index in [1.807, 2.05) is 6.07 Å². The highest BCUT2D eigenvalue weighted by molar-refractivity contribution is 6.01. The van der Waals surface area contributed by atoms with E-state index in [1.54, 1.807) is 12.1 Å². The molecule has 0 radical (unpaired) electrons. The third-order valence-electron chi connectivity index (χ3n) is 11.7. The molecule has 0 bridgehead atoms. The van der Waals surface area contributed by atoms with Crippen LogP contribution in [0, 0.1) is 45.8 Å². The molecular weight excluding hydrogens is 558 g/mol. The van der Waals surface area contributed by atoms with Crippen molar-refractivity contribution >= 4 is 29.1 Å². The van der Waals surface area contributed by atoms with Gasteiger partial charge in [-0.15, -0.1) is 0 Å². The maximum Gasteiger partial charge on any atom is 0.251 e. The zero-order valence-corrected chi connectivity index (χ0v) is 29.9. The monoisotopic (exact) mass is 621 g/mol. The van der Waals surface area contributed by atoms with E-state index in [-0.39, 0.29) is 51.8 Å². The van der Waals surface area contributed by atoms with Crippen LogP contribution < -0.4 is 16.0 Å². The Balaban J connectivity index is 1.46. The number of rotatable bonds is 6. The molecule has 0 saturated heterocycles. The van der Waals surface area contributed by atoms with E-state index < -0.39 is 0 Å². The molecule has 0 atom stereocenters. The third-order valence-corrected chi connectivity index (χ3v) is 11.7. The quantitative estimate of drug-likeness (QED) is 0.296. The molecule has 3 fully saturated rings. The van der Waals surface area contributed by atoms with E-state index in [0.29, 0.717) is 34.7 Å². The molecule has 45 heavy (non-hydrogen) atoms. The highest BCUT2D eigenvalue weighted by Crippen LogP contribution is 2.42. The van der Waals surface area contributed by atoms with Crippen LogP contribution in [0.1, 0.15) is 150 Å². The lowest BCUT2D eigenvalue weighted by atomic mass is 9.69. The smallest absolute Gasteiger partial charge is 0.251 e. The van der Waals surface area contributed by atoms with Crippen molar-refractivity contribution in [1.82, 2.24) is 5.32 Å². The Kier molecular flexibility index (Phi) is 11.2. The summed E-state index contributed by atoms with van der Waals surface area (Å²) in [4.78, 5) is 40.4. The zero-order valence-electron chi connectivity index (χ0n) is 29.9. The van der Waals surface area contributed by atoms with Crippen molar-refractivity contribution in [2.24, 2.45) is 45.8 Å². The van der Waals surface area contributed by atoms with E-state index in [9.17, 15) is 14.4 Å². The minimum Gasteiger partial charge on any atom is -0.349 e. The summed E-state index contributed by atoms with van der Waals surface area (Å²) >= 11 is 0. The zero-order chi connectivity index (χ0) is 33.2. The van der Waals surface area contributed by atoms with Gasteiger partial charge in [-0.2, -0.15) is 0 Å². The summed E-state index contributed by atoms with van der Waals surface area (Å²) in [6.45, 7) is 20.6. The van der Waals surface area contributed by atoms with Crippen LogP contribution in [0.25, 0.3) is 0 Å². The van der Waals surface area contributed by atoms with Gasteiger partial charge in [-0.05, 0) is 129 Å². The van der Waals surface area contributed by atoms with Gasteiger partial charge in [0.2, 0.25) is 11.8 Å². The fraction of sp³-hybridized carbons (Fsp3) is 0.769. The number of carbonyl (C=O) groups is 3. The minimum atomic E-state index is -0.142. The fourth-order valence-corrected chi connectivity index (χ4v) is 8.21. The summed E-state index contributed by atoms with van der Waals surface area (Å²) in [5.74, 6) is 1.75. The minimum absolute atomic E-state index is 0.0122. The first-order valence-corrected chi connectivity index (χ1v) is 18.0. The average molecular weight is 622 g/mol. The van der Waals surface area contributed by atoms with Gasteiger partial charge >= 0.3 is 0 Å². The molecule has 3 aliphatic rings. The summed E-state index contributed by atoms with van der Waals surface area (Å²) in [6, 6.07) is 5.52.